The number of esters is 2. The molecular weight excluding hydrogens is 693 g/mol. The zero-order chi connectivity index (χ0) is 40.7. The first-order valence-electron chi connectivity index (χ1n) is 24.5. The molecule has 0 aliphatic rings. The third-order valence-electron chi connectivity index (χ3n) is 10.6. The van der Waals surface area contributed by atoms with Crippen LogP contribution in [0.5, 0.6) is 0 Å². The van der Waals surface area contributed by atoms with Crippen LogP contribution in [0.3, 0.4) is 0 Å². The van der Waals surface area contributed by atoms with Crippen molar-refractivity contribution in [2.24, 2.45) is 0 Å². The molecule has 1 unspecified atom stereocenters. The van der Waals surface area contributed by atoms with E-state index in [0.29, 0.717) is 19.4 Å². The largest absolute Gasteiger partial charge is 0.462 e. The Hall–Kier alpha value is -1.88. The van der Waals surface area contributed by atoms with Gasteiger partial charge in [-0.25, -0.2) is 0 Å². The molecule has 0 rings (SSSR count). The van der Waals surface area contributed by atoms with Gasteiger partial charge in [0, 0.05) is 19.4 Å². The first-order chi connectivity index (χ1) is 27.6. The zero-order valence-electron chi connectivity index (χ0n) is 37.7. The topological polar surface area (TPSA) is 61.8 Å². The second kappa shape index (κ2) is 47.5. The van der Waals surface area contributed by atoms with Crippen molar-refractivity contribution in [1.29, 1.82) is 0 Å². The molecule has 0 aromatic heterocycles. The van der Waals surface area contributed by atoms with Gasteiger partial charge in [0.05, 0.1) is 6.61 Å². The first kappa shape index (κ1) is 54.1. The van der Waals surface area contributed by atoms with Crippen molar-refractivity contribution in [3.8, 4) is 0 Å². The quantitative estimate of drug-likeness (QED) is 0.0349. The van der Waals surface area contributed by atoms with E-state index in [1.54, 1.807) is 0 Å². The highest BCUT2D eigenvalue weighted by Gasteiger charge is 2.17. The van der Waals surface area contributed by atoms with Crippen molar-refractivity contribution in [3.05, 3.63) is 36.5 Å². The molecule has 5 heteroatoms. The molecule has 0 fully saturated rings. The SMILES string of the molecule is CCCCC/C=C\C/C=C\CCCCCCCC(=O)OCC(COCCCCCCCCCC/C=C\CCCCCCCC)OC(=O)CCCCCCCCC. The number of unbranched alkanes of at least 4 members (excludes halogenated alkanes) is 28. The van der Waals surface area contributed by atoms with Crippen LogP contribution in [0.1, 0.15) is 252 Å². The van der Waals surface area contributed by atoms with Gasteiger partial charge in [-0.05, 0) is 77.0 Å². The molecule has 0 radical (unpaired) electrons. The van der Waals surface area contributed by atoms with Crippen molar-refractivity contribution >= 4 is 11.9 Å². The standard InChI is InChI=1S/C51H94O5/c1-4-7-10-13-16-18-20-22-24-25-26-28-30-32-34-37-40-43-46-54-47-49(56-51(53)45-42-39-35-15-12-9-6-3)48-55-50(52)44-41-38-36-33-31-29-27-23-21-19-17-14-11-8-5-2/h17,19,22-24,27,49H,4-16,18,20-21,25-26,28-48H2,1-3H3/b19-17-,24-22-,27-23-. The molecule has 0 aromatic carbocycles. The van der Waals surface area contributed by atoms with E-state index >= 15 is 0 Å². The van der Waals surface area contributed by atoms with Crippen molar-refractivity contribution in [1.82, 2.24) is 0 Å². The lowest BCUT2D eigenvalue weighted by Crippen LogP contribution is -2.30. The summed E-state index contributed by atoms with van der Waals surface area (Å²) in [5.74, 6) is -0.412. The fourth-order valence-corrected chi connectivity index (χ4v) is 6.95. The van der Waals surface area contributed by atoms with Gasteiger partial charge < -0.3 is 14.2 Å². The Balaban J connectivity index is 4.13. The number of carbonyl (C=O) groups excluding carboxylic acids is 2. The summed E-state index contributed by atoms with van der Waals surface area (Å²) in [5, 5.41) is 0. The monoisotopic (exact) mass is 787 g/mol. The average molecular weight is 787 g/mol. The minimum Gasteiger partial charge on any atom is -0.462 e. The molecule has 0 aliphatic carbocycles. The molecule has 0 amide bonds. The molecule has 0 N–H and O–H groups in total. The van der Waals surface area contributed by atoms with Crippen LogP contribution < -0.4 is 0 Å². The first-order valence-corrected chi connectivity index (χ1v) is 24.5. The van der Waals surface area contributed by atoms with Gasteiger partial charge >= 0.3 is 11.9 Å². The third kappa shape index (κ3) is 44.8. The van der Waals surface area contributed by atoms with Crippen molar-refractivity contribution in [2.75, 3.05) is 19.8 Å². The van der Waals surface area contributed by atoms with Crippen LogP contribution >= 0.6 is 0 Å². The summed E-state index contributed by atoms with van der Waals surface area (Å²) in [6.45, 7) is 7.77. The Kier molecular flexibility index (Phi) is 45.9. The van der Waals surface area contributed by atoms with Gasteiger partial charge in [0.25, 0.3) is 0 Å². The fraction of sp³-hybridized carbons (Fsp3) is 0.843. The third-order valence-corrected chi connectivity index (χ3v) is 10.6. The van der Waals surface area contributed by atoms with E-state index in [9.17, 15) is 9.59 Å². The molecule has 0 bridgehead atoms. The van der Waals surface area contributed by atoms with Gasteiger partial charge in [0.2, 0.25) is 0 Å². The highest BCUT2D eigenvalue weighted by atomic mass is 16.6. The van der Waals surface area contributed by atoms with Gasteiger partial charge in [-0.1, -0.05) is 198 Å². The second-order valence-electron chi connectivity index (χ2n) is 16.4. The molecule has 56 heavy (non-hydrogen) atoms. The lowest BCUT2D eigenvalue weighted by Gasteiger charge is -2.18. The molecule has 0 heterocycles. The van der Waals surface area contributed by atoms with E-state index in [0.717, 1.165) is 57.8 Å². The normalized spacial score (nSPS) is 12.4. The van der Waals surface area contributed by atoms with Crippen LogP contribution in [0.15, 0.2) is 36.5 Å². The van der Waals surface area contributed by atoms with E-state index in [4.69, 9.17) is 14.2 Å². The molecule has 0 aromatic rings. The van der Waals surface area contributed by atoms with Gasteiger partial charge in [0.1, 0.15) is 6.61 Å². The smallest absolute Gasteiger partial charge is 0.306 e. The fourth-order valence-electron chi connectivity index (χ4n) is 6.95. The van der Waals surface area contributed by atoms with Crippen LogP contribution in [0.4, 0.5) is 0 Å². The van der Waals surface area contributed by atoms with Gasteiger partial charge in [0.15, 0.2) is 6.10 Å². The minimum atomic E-state index is -0.536. The average Bonchev–Trinajstić information content (AvgIpc) is 3.20. The maximum absolute atomic E-state index is 12.6. The van der Waals surface area contributed by atoms with E-state index in [1.807, 2.05) is 0 Å². The van der Waals surface area contributed by atoms with E-state index in [-0.39, 0.29) is 25.2 Å². The van der Waals surface area contributed by atoms with E-state index < -0.39 is 6.10 Å². The predicted octanol–water partition coefficient (Wildman–Crippen LogP) is 16.2. The zero-order valence-corrected chi connectivity index (χ0v) is 37.7. The summed E-state index contributed by atoms with van der Waals surface area (Å²) >= 11 is 0. The maximum atomic E-state index is 12.6. The number of hydrogen-bond donors (Lipinski definition) is 0. The molecule has 1 atom stereocenters. The Bertz CT molecular complexity index is 893. The summed E-state index contributed by atoms with van der Waals surface area (Å²) in [6.07, 6.45) is 55.9. The summed E-state index contributed by atoms with van der Waals surface area (Å²) in [5.41, 5.74) is 0. The number of carbonyl (C=O) groups is 2. The van der Waals surface area contributed by atoms with Crippen LogP contribution in [0, 0.1) is 0 Å². The number of allylic oxidation sites excluding steroid dienone is 6. The van der Waals surface area contributed by atoms with Crippen molar-refractivity contribution in [2.45, 2.75) is 258 Å². The Morgan fingerprint density at radius 2 is 0.750 bits per heavy atom. The number of ether oxygens (including phenoxy) is 3. The summed E-state index contributed by atoms with van der Waals surface area (Å²) in [7, 11) is 0. The Morgan fingerprint density at radius 3 is 1.23 bits per heavy atom. The van der Waals surface area contributed by atoms with Crippen LogP contribution in [0.25, 0.3) is 0 Å². The van der Waals surface area contributed by atoms with Gasteiger partial charge in [-0.2, -0.15) is 0 Å². The Morgan fingerprint density at radius 1 is 0.393 bits per heavy atom. The molecule has 0 saturated heterocycles. The minimum absolute atomic E-state index is 0.0801. The molecular formula is C51H94O5. The predicted molar refractivity (Wildman–Crippen MR) is 242 cm³/mol. The van der Waals surface area contributed by atoms with E-state index in [1.165, 1.54) is 161 Å². The lowest BCUT2D eigenvalue weighted by atomic mass is 10.1. The Labute approximate surface area is 349 Å². The van der Waals surface area contributed by atoms with Crippen LogP contribution in [-0.4, -0.2) is 37.9 Å². The summed E-state index contributed by atoms with van der Waals surface area (Å²) < 4.78 is 17.3. The summed E-state index contributed by atoms with van der Waals surface area (Å²) in [4.78, 5) is 25.2. The highest BCUT2D eigenvalue weighted by molar-refractivity contribution is 5.70. The number of rotatable bonds is 45. The summed E-state index contributed by atoms with van der Waals surface area (Å²) in [6, 6.07) is 0. The molecule has 0 aliphatic heterocycles. The molecule has 0 spiro atoms. The van der Waals surface area contributed by atoms with Crippen LogP contribution in [-0.2, 0) is 23.8 Å². The molecule has 328 valence electrons. The lowest BCUT2D eigenvalue weighted by molar-refractivity contribution is -0.163. The highest BCUT2D eigenvalue weighted by Crippen LogP contribution is 2.14. The maximum Gasteiger partial charge on any atom is 0.306 e. The molecule has 5 nitrogen and oxygen atoms in total. The van der Waals surface area contributed by atoms with Crippen molar-refractivity contribution < 1.29 is 23.8 Å². The van der Waals surface area contributed by atoms with E-state index in [2.05, 4.69) is 57.2 Å². The van der Waals surface area contributed by atoms with Crippen LogP contribution in [0.2, 0.25) is 0 Å². The van der Waals surface area contributed by atoms with Gasteiger partial charge in [-0.15, -0.1) is 0 Å². The molecule has 0 saturated carbocycles. The number of hydrogen-bond acceptors (Lipinski definition) is 5. The van der Waals surface area contributed by atoms with Crippen molar-refractivity contribution in [3.63, 3.8) is 0 Å². The van der Waals surface area contributed by atoms with Gasteiger partial charge in [-0.3, -0.25) is 9.59 Å². The second-order valence-corrected chi connectivity index (χ2v) is 16.4.